The summed E-state index contributed by atoms with van der Waals surface area (Å²) in [4.78, 5) is 22.4. The molecule has 0 amide bonds. The summed E-state index contributed by atoms with van der Waals surface area (Å²) >= 11 is 5.92. The number of nitrogens with zero attached hydrogens (tertiary/aromatic N) is 3. The predicted octanol–water partition coefficient (Wildman–Crippen LogP) is 4.39. The largest absolute Gasteiger partial charge is 0.486 e. The lowest BCUT2D eigenvalue weighted by atomic mass is 10.1. The number of halogens is 2. The number of aromatic nitrogens is 2. The molecule has 1 atom stereocenters. The Hall–Kier alpha value is -3.27. The van der Waals surface area contributed by atoms with E-state index >= 15 is 0 Å². The van der Waals surface area contributed by atoms with Crippen LogP contribution in [0.2, 0.25) is 5.02 Å². The number of nitrogens with one attached hydrogen (secondary N) is 2. The Kier molecular flexibility index (Phi) is 7.56. The zero-order chi connectivity index (χ0) is 24.1. The highest BCUT2D eigenvalue weighted by atomic mass is 35.5. The Bertz CT molecular complexity index is 1210. The summed E-state index contributed by atoms with van der Waals surface area (Å²) in [5.74, 6) is 0.543. The number of carbonyl (C=O) groups excluding carboxylic acids is 1. The summed E-state index contributed by atoms with van der Waals surface area (Å²) in [6, 6.07) is 7.95. The Morgan fingerprint density at radius 2 is 2.18 bits per heavy atom. The van der Waals surface area contributed by atoms with Gasteiger partial charge in [0.25, 0.3) is 0 Å². The zero-order valence-corrected chi connectivity index (χ0v) is 19.6. The number of fused-ring (bicyclic) bond motifs is 1. The average Bonchev–Trinajstić information content (AvgIpc) is 3.32. The monoisotopic (exact) mass is 485 g/mol. The van der Waals surface area contributed by atoms with Crippen LogP contribution in [0.5, 0.6) is 5.75 Å². The van der Waals surface area contributed by atoms with Crippen LogP contribution in [-0.4, -0.2) is 61.1 Å². The Labute approximate surface area is 201 Å². The van der Waals surface area contributed by atoms with Crippen molar-refractivity contribution in [3.63, 3.8) is 0 Å². The summed E-state index contributed by atoms with van der Waals surface area (Å²) in [5.41, 5.74) is 2.20. The molecular formula is C24H25ClFN5O3. The minimum Gasteiger partial charge on any atom is -0.486 e. The first-order chi connectivity index (χ1) is 16.4. The molecular weight excluding hydrogens is 461 g/mol. The van der Waals surface area contributed by atoms with E-state index < -0.39 is 5.82 Å². The Balaban J connectivity index is 1.74. The first kappa shape index (κ1) is 23.9. The average molecular weight is 486 g/mol. The van der Waals surface area contributed by atoms with Crippen molar-refractivity contribution in [2.24, 2.45) is 0 Å². The van der Waals surface area contributed by atoms with E-state index in [1.165, 1.54) is 18.5 Å². The van der Waals surface area contributed by atoms with Gasteiger partial charge >= 0.3 is 0 Å². The van der Waals surface area contributed by atoms with Crippen LogP contribution in [0.3, 0.4) is 0 Å². The zero-order valence-electron chi connectivity index (χ0n) is 18.8. The molecule has 178 valence electrons. The molecule has 2 N–H and O–H groups in total. The molecule has 0 bridgehead atoms. The van der Waals surface area contributed by atoms with E-state index in [1.807, 2.05) is 25.1 Å². The molecule has 1 aromatic heterocycles. The number of carbonyl (C=O) groups is 1. The molecule has 0 aliphatic carbocycles. The second-order valence-corrected chi connectivity index (χ2v) is 8.52. The molecule has 0 spiro atoms. The van der Waals surface area contributed by atoms with E-state index in [0.717, 1.165) is 12.7 Å². The normalized spacial score (nSPS) is 16.1. The number of rotatable bonds is 9. The van der Waals surface area contributed by atoms with Crippen LogP contribution in [0.25, 0.3) is 10.9 Å². The minimum atomic E-state index is -0.505. The lowest BCUT2D eigenvalue weighted by molar-refractivity contribution is -0.104. The predicted molar refractivity (Wildman–Crippen MR) is 130 cm³/mol. The molecule has 1 aliphatic rings. The van der Waals surface area contributed by atoms with Gasteiger partial charge in [0.2, 0.25) is 0 Å². The smallest absolute Gasteiger partial charge is 0.165 e. The Morgan fingerprint density at radius 1 is 1.32 bits per heavy atom. The molecule has 2 aromatic carbocycles. The molecule has 0 saturated carbocycles. The van der Waals surface area contributed by atoms with Crippen LogP contribution in [0.1, 0.15) is 6.42 Å². The highest BCUT2D eigenvalue weighted by Gasteiger charge is 2.20. The van der Waals surface area contributed by atoms with Gasteiger partial charge in [0.1, 0.15) is 29.8 Å². The fourth-order valence-corrected chi connectivity index (χ4v) is 3.62. The van der Waals surface area contributed by atoms with Crippen LogP contribution in [0.15, 0.2) is 48.4 Å². The molecule has 1 fully saturated rings. The molecule has 8 nitrogen and oxygen atoms in total. The lowest BCUT2D eigenvalue weighted by Crippen LogP contribution is -2.17. The second kappa shape index (κ2) is 10.8. The highest BCUT2D eigenvalue weighted by molar-refractivity contribution is 6.31. The number of ether oxygens (including phenoxy) is 2. The number of benzene rings is 2. The van der Waals surface area contributed by atoms with Crippen molar-refractivity contribution >= 4 is 46.0 Å². The van der Waals surface area contributed by atoms with Gasteiger partial charge in [0.15, 0.2) is 6.29 Å². The van der Waals surface area contributed by atoms with Crippen LogP contribution >= 0.6 is 11.6 Å². The van der Waals surface area contributed by atoms with Gasteiger partial charge in [-0.1, -0.05) is 11.6 Å². The number of allylic oxidation sites excluding steroid dienone is 1. The molecule has 3 aromatic rings. The maximum Gasteiger partial charge on any atom is 0.165 e. The van der Waals surface area contributed by atoms with E-state index in [4.69, 9.17) is 21.1 Å². The maximum atomic E-state index is 13.6. The van der Waals surface area contributed by atoms with Crippen LogP contribution in [-0.2, 0) is 9.53 Å². The molecule has 1 unspecified atom stereocenters. The molecule has 4 rings (SSSR count). The third kappa shape index (κ3) is 5.80. The topological polar surface area (TPSA) is 88.6 Å². The van der Waals surface area contributed by atoms with Crippen molar-refractivity contribution in [2.75, 3.05) is 44.5 Å². The van der Waals surface area contributed by atoms with Gasteiger partial charge in [-0.2, -0.15) is 0 Å². The summed E-state index contributed by atoms with van der Waals surface area (Å²) in [6.45, 7) is 1.72. The molecule has 10 heteroatoms. The first-order valence-corrected chi connectivity index (χ1v) is 11.1. The van der Waals surface area contributed by atoms with Gasteiger partial charge in [-0.25, -0.2) is 14.4 Å². The van der Waals surface area contributed by atoms with Crippen molar-refractivity contribution in [2.45, 2.75) is 12.5 Å². The van der Waals surface area contributed by atoms with Crippen molar-refractivity contribution in [3.05, 3.63) is 59.3 Å². The van der Waals surface area contributed by atoms with Crippen molar-refractivity contribution in [1.82, 2.24) is 14.9 Å². The van der Waals surface area contributed by atoms with E-state index in [2.05, 4.69) is 20.6 Å². The van der Waals surface area contributed by atoms with Gasteiger partial charge in [0.05, 0.1) is 35.1 Å². The standard InChI is InChI=1S/C24H25ClFN5O3/c1-31(2)7-5-16(12-32)29-22-10-18-21(11-23(22)34-17-6-8-33-13-17)27-14-28-24(18)30-15-3-4-20(26)19(25)9-15/h3-5,9-12,14,17,29H,6-8,13H2,1-2H3,(H,27,28,30). The summed E-state index contributed by atoms with van der Waals surface area (Å²) in [7, 11) is 3.83. The van der Waals surface area contributed by atoms with Crippen LogP contribution in [0.4, 0.5) is 21.6 Å². The first-order valence-electron chi connectivity index (χ1n) is 10.7. The summed E-state index contributed by atoms with van der Waals surface area (Å²) < 4.78 is 25.2. The number of hydrogen-bond donors (Lipinski definition) is 2. The minimum absolute atomic E-state index is 0.00170. The van der Waals surface area contributed by atoms with E-state index in [0.29, 0.717) is 59.3 Å². The lowest BCUT2D eigenvalue weighted by Gasteiger charge is -2.19. The van der Waals surface area contributed by atoms with E-state index in [-0.39, 0.29) is 11.1 Å². The van der Waals surface area contributed by atoms with Crippen molar-refractivity contribution < 1.29 is 18.7 Å². The number of likely N-dealkylation sites (N-methyl/N-ethyl adjacent to an activating group) is 1. The third-order valence-electron chi connectivity index (χ3n) is 5.18. The van der Waals surface area contributed by atoms with Crippen molar-refractivity contribution in [3.8, 4) is 5.75 Å². The fraction of sp³-hybridized carbons (Fsp3) is 0.292. The summed E-state index contributed by atoms with van der Waals surface area (Å²) in [5, 5.41) is 7.01. The SMILES string of the molecule is CN(C)CC=C(C=O)Nc1cc2c(Nc3ccc(F)c(Cl)c3)ncnc2cc1OC1CCOC1. The van der Waals surface area contributed by atoms with Gasteiger partial charge in [-0.15, -0.1) is 0 Å². The van der Waals surface area contributed by atoms with Crippen LogP contribution < -0.4 is 15.4 Å². The van der Waals surface area contributed by atoms with Crippen LogP contribution in [0, 0.1) is 5.82 Å². The van der Waals surface area contributed by atoms with E-state index in [1.54, 1.807) is 18.2 Å². The van der Waals surface area contributed by atoms with Gasteiger partial charge < -0.3 is 25.0 Å². The van der Waals surface area contributed by atoms with Crippen molar-refractivity contribution in [1.29, 1.82) is 0 Å². The Morgan fingerprint density at radius 3 is 2.88 bits per heavy atom. The summed E-state index contributed by atoms with van der Waals surface area (Å²) in [6.07, 6.45) is 4.66. The molecule has 1 aliphatic heterocycles. The van der Waals surface area contributed by atoms with E-state index in [9.17, 15) is 9.18 Å². The van der Waals surface area contributed by atoms with Gasteiger partial charge in [-0.05, 0) is 44.4 Å². The maximum absolute atomic E-state index is 13.6. The van der Waals surface area contributed by atoms with Gasteiger partial charge in [0, 0.05) is 30.1 Å². The number of aldehydes is 1. The number of anilines is 3. The molecule has 1 saturated heterocycles. The highest BCUT2D eigenvalue weighted by Crippen LogP contribution is 2.35. The molecule has 0 radical (unpaired) electrons. The second-order valence-electron chi connectivity index (χ2n) is 8.11. The fourth-order valence-electron chi connectivity index (χ4n) is 3.44. The molecule has 34 heavy (non-hydrogen) atoms. The third-order valence-corrected chi connectivity index (χ3v) is 5.47. The quantitative estimate of drug-likeness (QED) is 0.341. The van der Waals surface area contributed by atoms with Gasteiger partial charge in [-0.3, -0.25) is 4.79 Å². The molecule has 2 heterocycles. The number of hydrogen-bond acceptors (Lipinski definition) is 8.